The van der Waals surface area contributed by atoms with Gasteiger partial charge in [-0.15, -0.1) is 12.3 Å². The van der Waals surface area contributed by atoms with Gasteiger partial charge in [-0.2, -0.15) is 0 Å². The third-order valence-corrected chi connectivity index (χ3v) is 2.25. The molecule has 0 bridgehead atoms. The second kappa shape index (κ2) is 5.93. The Kier molecular flexibility index (Phi) is 4.55. The van der Waals surface area contributed by atoms with Gasteiger partial charge >= 0.3 is 5.88 Å². The van der Waals surface area contributed by atoms with Gasteiger partial charge in [-0.05, 0) is 12.5 Å². The van der Waals surface area contributed by atoms with Crippen LogP contribution in [0.25, 0.3) is 0 Å². The SMILES string of the molecule is C#CCC(CC)NCc1ccc([N+](=O)[O-])o1. The summed E-state index contributed by atoms with van der Waals surface area (Å²) in [5.41, 5.74) is 0. The van der Waals surface area contributed by atoms with E-state index in [1.54, 1.807) is 6.07 Å². The second-order valence-electron chi connectivity index (χ2n) is 3.39. The number of terminal acetylenes is 1. The van der Waals surface area contributed by atoms with Gasteiger partial charge in [0.05, 0.1) is 12.6 Å². The van der Waals surface area contributed by atoms with E-state index < -0.39 is 4.92 Å². The zero-order chi connectivity index (χ0) is 12.0. The number of nitro groups is 1. The van der Waals surface area contributed by atoms with Crippen LogP contribution >= 0.6 is 0 Å². The summed E-state index contributed by atoms with van der Waals surface area (Å²) < 4.78 is 5.00. The molecule has 1 unspecified atom stereocenters. The Morgan fingerprint density at radius 1 is 1.69 bits per heavy atom. The number of furan rings is 1. The number of hydrogen-bond donors (Lipinski definition) is 1. The molecular weight excluding hydrogens is 208 g/mol. The molecule has 0 aromatic carbocycles. The van der Waals surface area contributed by atoms with Crippen molar-refractivity contribution < 1.29 is 9.34 Å². The summed E-state index contributed by atoms with van der Waals surface area (Å²) in [5, 5.41) is 13.6. The van der Waals surface area contributed by atoms with Gasteiger partial charge in [0.15, 0.2) is 0 Å². The van der Waals surface area contributed by atoms with E-state index in [0.717, 1.165) is 6.42 Å². The van der Waals surface area contributed by atoms with E-state index in [-0.39, 0.29) is 11.9 Å². The largest absolute Gasteiger partial charge is 0.433 e. The van der Waals surface area contributed by atoms with E-state index >= 15 is 0 Å². The Balaban J connectivity index is 2.47. The average Bonchev–Trinajstić information content (AvgIpc) is 2.73. The molecule has 0 saturated heterocycles. The zero-order valence-electron chi connectivity index (χ0n) is 9.10. The van der Waals surface area contributed by atoms with Gasteiger partial charge in [-0.25, -0.2) is 0 Å². The van der Waals surface area contributed by atoms with Crippen LogP contribution in [-0.2, 0) is 6.54 Å². The van der Waals surface area contributed by atoms with Crippen molar-refractivity contribution in [3.8, 4) is 12.3 Å². The lowest BCUT2D eigenvalue weighted by molar-refractivity contribution is -0.402. The molecule has 0 aliphatic carbocycles. The Morgan fingerprint density at radius 2 is 2.44 bits per heavy atom. The number of nitrogens with zero attached hydrogens (tertiary/aromatic N) is 1. The minimum Gasteiger partial charge on any atom is -0.404 e. The predicted molar refractivity (Wildman–Crippen MR) is 59.7 cm³/mol. The summed E-state index contributed by atoms with van der Waals surface area (Å²) in [4.78, 5) is 9.82. The van der Waals surface area contributed by atoms with Crippen molar-refractivity contribution in [3.05, 3.63) is 28.0 Å². The molecule has 1 aromatic rings. The standard InChI is InChI=1S/C11H14N2O3/c1-3-5-9(4-2)12-8-10-6-7-11(16-10)13(14)15/h1,6-7,9,12H,4-5,8H2,2H3. The van der Waals surface area contributed by atoms with E-state index in [4.69, 9.17) is 10.8 Å². The van der Waals surface area contributed by atoms with Crippen LogP contribution in [0.4, 0.5) is 5.88 Å². The molecule has 5 heteroatoms. The Morgan fingerprint density at radius 3 is 2.94 bits per heavy atom. The molecule has 0 fully saturated rings. The first-order valence-electron chi connectivity index (χ1n) is 5.07. The fraction of sp³-hybridized carbons (Fsp3) is 0.455. The van der Waals surface area contributed by atoms with Gasteiger partial charge in [0.2, 0.25) is 0 Å². The van der Waals surface area contributed by atoms with Crippen LogP contribution in [0.5, 0.6) is 0 Å². The molecule has 5 nitrogen and oxygen atoms in total. The highest BCUT2D eigenvalue weighted by Gasteiger charge is 2.12. The highest BCUT2D eigenvalue weighted by molar-refractivity contribution is 5.17. The van der Waals surface area contributed by atoms with Crippen LogP contribution in [0, 0.1) is 22.5 Å². The van der Waals surface area contributed by atoms with Crippen molar-refractivity contribution in [3.63, 3.8) is 0 Å². The molecule has 0 spiro atoms. The van der Waals surface area contributed by atoms with Crippen LogP contribution in [0.2, 0.25) is 0 Å². The lowest BCUT2D eigenvalue weighted by atomic mass is 10.1. The fourth-order valence-electron chi connectivity index (χ4n) is 1.31. The summed E-state index contributed by atoms with van der Waals surface area (Å²) in [6.07, 6.45) is 6.76. The topological polar surface area (TPSA) is 68.3 Å². The van der Waals surface area contributed by atoms with E-state index in [2.05, 4.69) is 11.2 Å². The van der Waals surface area contributed by atoms with Crippen molar-refractivity contribution in [2.45, 2.75) is 32.4 Å². The van der Waals surface area contributed by atoms with Crippen LogP contribution in [0.1, 0.15) is 25.5 Å². The maximum Gasteiger partial charge on any atom is 0.433 e. The van der Waals surface area contributed by atoms with Crippen molar-refractivity contribution in [1.29, 1.82) is 0 Å². The van der Waals surface area contributed by atoms with Gasteiger partial charge < -0.3 is 9.73 Å². The summed E-state index contributed by atoms with van der Waals surface area (Å²) in [5.74, 6) is 2.89. The van der Waals surface area contributed by atoms with Crippen molar-refractivity contribution >= 4 is 5.88 Å². The summed E-state index contributed by atoms with van der Waals surface area (Å²) in [6, 6.07) is 3.15. The van der Waals surface area contributed by atoms with Crippen molar-refractivity contribution in [2.75, 3.05) is 0 Å². The van der Waals surface area contributed by atoms with Crippen LogP contribution < -0.4 is 5.32 Å². The maximum absolute atomic E-state index is 10.4. The molecule has 0 saturated carbocycles. The molecule has 1 N–H and O–H groups in total. The molecule has 1 rings (SSSR count). The first-order chi connectivity index (χ1) is 7.67. The minimum absolute atomic E-state index is 0.217. The third-order valence-electron chi connectivity index (χ3n) is 2.25. The average molecular weight is 222 g/mol. The maximum atomic E-state index is 10.4. The molecule has 1 heterocycles. The van der Waals surface area contributed by atoms with Gasteiger partial charge in [-0.3, -0.25) is 10.1 Å². The molecule has 0 aliphatic rings. The fourth-order valence-corrected chi connectivity index (χ4v) is 1.31. The lowest BCUT2D eigenvalue weighted by Crippen LogP contribution is -2.27. The van der Waals surface area contributed by atoms with Crippen LogP contribution in [-0.4, -0.2) is 11.0 Å². The Hall–Kier alpha value is -1.80. The van der Waals surface area contributed by atoms with Gasteiger partial charge in [0.25, 0.3) is 0 Å². The Bertz CT molecular complexity index is 392. The van der Waals surface area contributed by atoms with E-state index in [1.165, 1.54) is 6.07 Å². The van der Waals surface area contributed by atoms with Gasteiger partial charge in [0.1, 0.15) is 10.7 Å². The van der Waals surface area contributed by atoms with E-state index in [0.29, 0.717) is 18.7 Å². The van der Waals surface area contributed by atoms with E-state index in [9.17, 15) is 10.1 Å². The normalized spacial score (nSPS) is 12.0. The van der Waals surface area contributed by atoms with Crippen molar-refractivity contribution in [1.82, 2.24) is 5.32 Å². The van der Waals surface area contributed by atoms with Crippen LogP contribution in [0.15, 0.2) is 16.5 Å². The highest BCUT2D eigenvalue weighted by Crippen LogP contribution is 2.15. The molecule has 16 heavy (non-hydrogen) atoms. The number of nitrogens with one attached hydrogen (secondary N) is 1. The molecular formula is C11H14N2O3. The van der Waals surface area contributed by atoms with Crippen molar-refractivity contribution in [2.24, 2.45) is 0 Å². The quantitative estimate of drug-likeness (QED) is 0.454. The smallest absolute Gasteiger partial charge is 0.404 e. The molecule has 0 amide bonds. The third kappa shape index (κ3) is 3.41. The molecule has 0 aliphatic heterocycles. The molecule has 1 atom stereocenters. The first-order valence-corrected chi connectivity index (χ1v) is 5.07. The van der Waals surface area contributed by atoms with Gasteiger partial charge in [0, 0.05) is 12.5 Å². The summed E-state index contributed by atoms with van der Waals surface area (Å²) >= 11 is 0. The monoisotopic (exact) mass is 222 g/mol. The summed E-state index contributed by atoms with van der Waals surface area (Å²) in [6.45, 7) is 2.48. The number of rotatable bonds is 6. The van der Waals surface area contributed by atoms with Gasteiger partial charge in [-0.1, -0.05) is 6.92 Å². The second-order valence-corrected chi connectivity index (χ2v) is 3.39. The molecule has 86 valence electrons. The molecule has 0 radical (unpaired) electrons. The predicted octanol–water partition coefficient (Wildman–Crippen LogP) is 2.08. The van der Waals surface area contributed by atoms with Crippen LogP contribution in [0.3, 0.4) is 0 Å². The Labute approximate surface area is 94.0 Å². The van der Waals surface area contributed by atoms with E-state index in [1.807, 2.05) is 6.92 Å². The summed E-state index contributed by atoms with van der Waals surface area (Å²) in [7, 11) is 0. The molecule has 1 aromatic heterocycles. The lowest BCUT2D eigenvalue weighted by Gasteiger charge is -2.12. The number of hydrogen-bond acceptors (Lipinski definition) is 4. The highest BCUT2D eigenvalue weighted by atomic mass is 16.6. The minimum atomic E-state index is -0.553. The zero-order valence-corrected chi connectivity index (χ0v) is 9.10. The first kappa shape index (κ1) is 12.3.